The van der Waals surface area contributed by atoms with Crippen molar-refractivity contribution in [2.75, 3.05) is 0 Å². The highest BCUT2D eigenvalue weighted by molar-refractivity contribution is 5.85. The largest absolute Gasteiger partial charge is 0.480 e. The summed E-state index contributed by atoms with van der Waals surface area (Å²) in [6.45, 7) is 0. The first-order valence-corrected chi connectivity index (χ1v) is 22.8. The lowest BCUT2D eigenvalue weighted by molar-refractivity contribution is -0.140. The smallest absolute Gasteiger partial charge is 0.321 e. The molecule has 0 aliphatic rings. The van der Waals surface area contributed by atoms with Crippen molar-refractivity contribution in [3.8, 4) is 0 Å². The molecule has 10 aromatic rings. The van der Waals surface area contributed by atoms with Gasteiger partial charge in [-0.2, -0.15) is 0 Å². The predicted octanol–water partition coefficient (Wildman–Crippen LogP) is 11.5. The van der Waals surface area contributed by atoms with Gasteiger partial charge in [0.2, 0.25) is 0 Å². The molecule has 10 rings (SSSR count). The van der Waals surface area contributed by atoms with E-state index in [0.717, 1.165) is 66.3 Å². The molecule has 336 valence electrons. The number of rotatable bonds is 16. The summed E-state index contributed by atoms with van der Waals surface area (Å²) in [5.41, 5.74) is 8.15. The van der Waals surface area contributed by atoms with Crippen LogP contribution >= 0.6 is 0 Å². The number of hydrogen-bond acceptors (Lipinski definition) is 4. The second kappa shape index (κ2) is 20.5. The molecule has 0 unspecified atom stereocenters. The van der Waals surface area contributed by atoms with Gasteiger partial charge in [0.1, 0.15) is 12.1 Å². The number of fused-ring (bicyclic) bond motifs is 2. The number of hydrogen-bond donors (Lipinski definition) is 6. The highest BCUT2D eigenvalue weighted by atomic mass is 16.4. The van der Waals surface area contributed by atoms with Crippen molar-refractivity contribution in [1.82, 2.24) is 20.6 Å². The molecule has 6 N–H and O–H groups in total. The zero-order chi connectivity index (χ0) is 46.8. The van der Waals surface area contributed by atoms with Crippen LogP contribution in [0.25, 0.3) is 21.8 Å². The number of carbonyl (C=O) groups is 2. The Morgan fingerprint density at radius 3 is 0.853 bits per heavy atom. The Hall–Kier alpha value is -8.30. The first-order chi connectivity index (χ1) is 33.4. The number of nitrogens with one attached hydrogen (secondary N) is 4. The average Bonchev–Trinajstić information content (AvgIpc) is 4.02. The van der Waals surface area contributed by atoms with Gasteiger partial charge in [-0.15, -0.1) is 0 Å². The van der Waals surface area contributed by atoms with E-state index in [1.807, 2.05) is 170 Å². The molecule has 0 saturated heterocycles. The van der Waals surface area contributed by atoms with Crippen LogP contribution in [0.5, 0.6) is 0 Å². The molecule has 8 nitrogen and oxygen atoms in total. The van der Waals surface area contributed by atoms with Crippen LogP contribution in [0, 0.1) is 0 Å². The van der Waals surface area contributed by atoms with Crippen LogP contribution in [0.2, 0.25) is 0 Å². The predicted molar refractivity (Wildman–Crippen MR) is 272 cm³/mol. The molecule has 0 radical (unpaired) electrons. The molecule has 0 spiro atoms. The summed E-state index contributed by atoms with van der Waals surface area (Å²) in [5.74, 6) is -1.78. The van der Waals surface area contributed by atoms with Crippen LogP contribution in [0.4, 0.5) is 0 Å². The molecule has 2 heterocycles. The maximum absolute atomic E-state index is 12.7. The fourth-order valence-electron chi connectivity index (χ4n) is 9.59. The zero-order valence-corrected chi connectivity index (χ0v) is 37.4. The molecule has 0 fully saturated rings. The standard InChI is InChI=1S/2C30H26N2O2/c2*33-29(34)28(20-22-21-31-27-19-11-10-18-26(22)27)32-30(23-12-4-1-5-13-23,24-14-6-2-7-15-24)25-16-8-3-9-17-25/h2*1-19,21,28,31-32H,20H2,(H,33,34)/t2*28-/m10/s1. The molecule has 0 saturated carbocycles. The van der Waals surface area contributed by atoms with Gasteiger partial charge in [-0.3, -0.25) is 20.2 Å². The zero-order valence-electron chi connectivity index (χ0n) is 37.4. The van der Waals surface area contributed by atoms with Gasteiger partial charge in [-0.25, -0.2) is 0 Å². The lowest BCUT2D eigenvalue weighted by Crippen LogP contribution is -2.53. The minimum Gasteiger partial charge on any atom is -0.480 e. The highest BCUT2D eigenvalue weighted by Crippen LogP contribution is 2.39. The van der Waals surface area contributed by atoms with Crippen molar-refractivity contribution in [2.45, 2.75) is 36.0 Å². The Labute approximate surface area is 396 Å². The Morgan fingerprint density at radius 1 is 0.368 bits per heavy atom. The van der Waals surface area contributed by atoms with E-state index in [9.17, 15) is 19.8 Å². The normalized spacial score (nSPS) is 12.5. The summed E-state index contributed by atoms with van der Waals surface area (Å²) in [7, 11) is 0. The van der Waals surface area contributed by atoms with Gasteiger partial charge in [0.25, 0.3) is 0 Å². The van der Waals surface area contributed by atoms with E-state index in [1.165, 1.54) is 0 Å². The fraction of sp³-hybridized carbons (Fsp3) is 0.100. The molecule has 68 heavy (non-hydrogen) atoms. The second-order valence-electron chi connectivity index (χ2n) is 16.9. The Bertz CT molecular complexity index is 2780. The van der Waals surface area contributed by atoms with Crippen LogP contribution < -0.4 is 10.6 Å². The van der Waals surface area contributed by atoms with Gasteiger partial charge in [-0.05, 0) is 56.6 Å². The molecule has 0 aliphatic carbocycles. The van der Waals surface area contributed by atoms with Crippen molar-refractivity contribution in [3.63, 3.8) is 0 Å². The monoisotopic (exact) mass is 892 g/mol. The lowest BCUT2D eigenvalue weighted by atomic mass is 9.76. The molecule has 2 aromatic heterocycles. The molecule has 0 bridgehead atoms. The molecular weight excluding hydrogens is 841 g/mol. The number of benzene rings is 8. The van der Waals surface area contributed by atoms with Crippen molar-refractivity contribution >= 4 is 33.7 Å². The summed E-state index contributed by atoms with van der Waals surface area (Å²) in [6, 6.07) is 74.7. The molecule has 2 atom stereocenters. The summed E-state index contributed by atoms with van der Waals surface area (Å²) < 4.78 is 0. The summed E-state index contributed by atoms with van der Waals surface area (Å²) in [4.78, 5) is 31.9. The fourth-order valence-corrected chi connectivity index (χ4v) is 9.59. The number of aromatic amines is 2. The average molecular weight is 893 g/mol. The van der Waals surface area contributed by atoms with Gasteiger partial charge in [-0.1, -0.05) is 218 Å². The maximum atomic E-state index is 12.7. The minimum absolute atomic E-state index is 0.341. The molecule has 8 heteroatoms. The second-order valence-corrected chi connectivity index (χ2v) is 16.9. The van der Waals surface area contributed by atoms with E-state index in [2.05, 4.69) is 93.4 Å². The Morgan fingerprint density at radius 2 is 0.603 bits per heavy atom. The maximum Gasteiger partial charge on any atom is 0.321 e. The number of aliphatic carboxylic acids is 2. The molecular formula is C60H52N4O4. The lowest BCUT2D eigenvalue weighted by Gasteiger charge is -2.39. The van der Waals surface area contributed by atoms with Gasteiger partial charge >= 0.3 is 11.9 Å². The van der Waals surface area contributed by atoms with E-state index < -0.39 is 35.1 Å². The van der Waals surface area contributed by atoms with Crippen LogP contribution in [-0.2, 0) is 33.5 Å². The molecule has 0 aliphatic heterocycles. The van der Waals surface area contributed by atoms with Crippen molar-refractivity contribution in [3.05, 3.63) is 287 Å². The van der Waals surface area contributed by atoms with Crippen LogP contribution in [0.1, 0.15) is 44.5 Å². The summed E-state index contributed by atoms with van der Waals surface area (Å²) >= 11 is 0. The van der Waals surface area contributed by atoms with Gasteiger partial charge < -0.3 is 20.2 Å². The first-order valence-electron chi connectivity index (χ1n) is 22.8. The van der Waals surface area contributed by atoms with E-state index >= 15 is 0 Å². The van der Waals surface area contributed by atoms with E-state index in [0.29, 0.717) is 12.8 Å². The number of para-hydroxylation sites is 2. The minimum atomic E-state index is -0.891. The van der Waals surface area contributed by atoms with E-state index in [4.69, 9.17) is 0 Å². The van der Waals surface area contributed by atoms with Crippen LogP contribution in [-0.4, -0.2) is 44.2 Å². The quantitative estimate of drug-likeness (QED) is 0.0536. The van der Waals surface area contributed by atoms with Crippen molar-refractivity contribution in [2.24, 2.45) is 0 Å². The number of H-pyrrole nitrogens is 2. The van der Waals surface area contributed by atoms with Gasteiger partial charge in [0.15, 0.2) is 0 Å². The Kier molecular flexibility index (Phi) is 13.5. The summed E-state index contributed by atoms with van der Waals surface area (Å²) in [6.07, 6.45) is 4.51. The highest BCUT2D eigenvalue weighted by Gasteiger charge is 2.41. The van der Waals surface area contributed by atoms with Crippen molar-refractivity contribution in [1.29, 1.82) is 0 Å². The van der Waals surface area contributed by atoms with Gasteiger partial charge in [0.05, 0.1) is 11.1 Å². The Balaban J connectivity index is 0.000000170. The third-order valence-corrected chi connectivity index (χ3v) is 12.8. The van der Waals surface area contributed by atoms with Crippen molar-refractivity contribution < 1.29 is 19.8 Å². The number of carboxylic acids is 2. The SMILES string of the molecule is O=C(O)[C@@H](Cc1c[nH]c2ccccc12)NC(c1ccccc1)(c1ccccc1)c1ccccc1.O=C(O)[C@H](Cc1c[nH]c2ccccc12)NC(c1ccccc1)(c1ccccc1)c1ccccc1. The number of aromatic nitrogens is 2. The molecule has 0 amide bonds. The third kappa shape index (κ3) is 9.24. The third-order valence-electron chi connectivity index (χ3n) is 12.8. The first kappa shape index (κ1) is 44.9. The number of carboxylic acid groups (broad SMARTS) is 2. The van der Waals surface area contributed by atoms with Gasteiger partial charge in [0, 0.05) is 47.0 Å². The van der Waals surface area contributed by atoms with Crippen LogP contribution in [0.3, 0.4) is 0 Å². The van der Waals surface area contributed by atoms with Crippen LogP contribution in [0.15, 0.2) is 243 Å². The summed E-state index contributed by atoms with van der Waals surface area (Å²) in [5, 5.41) is 30.0. The van der Waals surface area contributed by atoms with E-state index in [1.54, 1.807) is 0 Å². The molecule has 8 aromatic carbocycles. The topological polar surface area (TPSA) is 130 Å². The van der Waals surface area contributed by atoms with E-state index in [-0.39, 0.29) is 0 Å².